The fourth-order valence-electron chi connectivity index (χ4n) is 5.92. The van der Waals surface area contributed by atoms with E-state index in [0.717, 1.165) is 35.0 Å². The number of halogens is 3. The lowest BCUT2D eigenvalue weighted by atomic mass is 9.86. The minimum absolute atomic E-state index is 0.0180. The van der Waals surface area contributed by atoms with Crippen LogP contribution in [0.15, 0.2) is 36.4 Å². The predicted octanol–water partition coefficient (Wildman–Crippen LogP) is 6.02. The Morgan fingerprint density at radius 2 is 1.84 bits per heavy atom. The number of aromatic nitrogens is 1. The van der Waals surface area contributed by atoms with Crippen LogP contribution >= 0.6 is 0 Å². The van der Waals surface area contributed by atoms with Crippen LogP contribution < -0.4 is 4.74 Å². The van der Waals surface area contributed by atoms with Gasteiger partial charge in [0, 0.05) is 73.6 Å². The van der Waals surface area contributed by atoms with Gasteiger partial charge in [-0.1, -0.05) is 25.1 Å². The minimum atomic E-state index is -0.642. The third-order valence-electron chi connectivity index (χ3n) is 8.44. The van der Waals surface area contributed by atoms with Gasteiger partial charge in [-0.15, -0.1) is 0 Å². The van der Waals surface area contributed by atoms with Crippen LogP contribution in [-0.2, 0) is 11.2 Å². The molecule has 2 aliphatic rings. The Hall–Kier alpha value is -2.55. The van der Waals surface area contributed by atoms with Gasteiger partial charge in [-0.3, -0.25) is 14.2 Å². The first kappa shape index (κ1) is 27.0. The van der Waals surface area contributed by atoms with E-state index in [0.29, 0.717) is 32.6 Å². The summed E-state index contributed by atoms with van der Waals surface area (Å²) in [4.78, 5) is 7.74. The maximum Gasteiger partial charge on any atom is 0.135 e. The van der Waals surface area contributed by atoms with Gasteiger partial charge in [-0.05, 0) is 44.7 Å². The lowest BCUT2D eigenvalue weighted by Gasteiger charge is -2.45. The second-order valence-corrected chi connectivity index (χ2v) is 11.0. The Kier molecular flexibility index (Phi) is 7.76. The third kappa shape index (κ3) is 5.06. The van der Waals surface area contributed by atoms with Gasteiger partial charge in [-0.2, -0.15) is 0 Å². The van der Waals surface area contributed by atoms with E-state index in [2.05, 4.69) is 34.7 Å². The summed E-state index contributed by atoms with van der Waals surface area (Å²) in [6.45, 7) is 8.31. The normalized spacial score (nSPS) is 22.3. The van der Waals surface area contributed by atoms with Gasteiger partial charge in [0.2, 0.25) is 0 Å². The molecule has 206 valence electrons. The predicted molar refractivity (Wildman–Crippen MR) is 144 cm³/mol. The Labute approximate surface area is 222 Å². The molecule has 1 saturated heterocycles. The van der Waals surface area contributed by atoms with Crippen molar-refractivity contribution in [3.8, 4) is 5.75 Å². The highest BCUT2D eigenvalue weighted by molar-refractivity contribution is 5.85. The van der Waals surface area contributed by atoms with Crippen molar-refractivity contribution in [3.63, 3.8) is 0 Å². The van der Waals surface area contributed by atoms with E-state index < -0.39 is 23.3 Å². The van der Waals surface area contributed by atoms with Gasteiger partial charge in [0.05, 0.1) is 18.3 Å². The van der Waals surface area contributed by atoms with Crippen molar-refractivity contribution in [2.45, 2.75) is 63.8 Å². The highest BCUT2D eigenvalue weighted by atomic mass is 19.1. The molecule has 1 fully saturated rings. The van der Waals surface area contributed by atoms with Crippen molar-refractivity contribution in [2.75, 3.05) is 40.0 Å². The molecule has 0 saturated carbocycles. The van der Waals surface area contributed by atoms with E-state index >= 15 is 8.78 Å². The van der Waals surface area contributed by atoms with Crippen molar-refractivity contribution in [1.82, 2.24) is 14.8 Å². The van der Waals surface area contributed by atoms with Crippen LogP contribution in [0.5, 0.6) is 5.75 Å². The zero-order valence-electron chi connectivity index (χ0n) is 22.7. The van der Waals surface area contributed by atoms with E-state index in [1.54, 1.807) is 7.11 Å². The summed E-state index contributed by atoms with van der Waals surface area (Å²) < 4.78 is 56.0. The van der Waals surface area contributed by atoms with Crippen molar-refractivity contribution in [3.05, 3.63) is 64.9 Å². The van der Waals surface area contributed by atoms with Crippen LogP contribution in [-0.4, -0.2) is 72.5 Å². The number of nitrogens with one attached hydrogen (secondary N) is 1. The first-order valence-corrected chi connectivity index (χ1v) is 13.6. The molecule has 1 aromatic heterocycles. The summed E-state index contributed by atoms with van der Waals surface area (Å²) in [6.07, 6.45) is 1.86. The van der Waals surface area contributed by atoms with Crippen LogP contribution in [0.1, 0.15) is 56.5 Å². The molecule has 5 rings (SSSR count). The summed E-state index contributed by atoms with van der Waals surface area (Å²) in [5.74, 6) is -1.07. The second-order valence-electron chi connectivity index (χ2n) is 11.0. The minimum Gasteiger partial charge on any atom is -0.488 e. The molecule has 38 heavy (non-hydrogen) atoms. The first-order valence-electron chi connectivity index (χ1n) is 13.6. The zero-order chi connectivity index (χ0) is 27.0. The molecule has 1 unspecified atom stereocenters. The van der Waals surface area contributed by atoms with E-state index in [1.165, 1.54) is 12.1 Å². The van der Waals surface area contributed by atoms with Crippen molar-refractivity contribution >= 4 is 10.9 Å². The second kappa shape index (κ2) is 10.9. The van der Waals surface area contributed by atoms with Crippen molar-refractivity contribution in [2.24, 2.45) is 0 Å². The Balaban J connectivity index is 1.51. The summed E-state index contributed by atoms with van der Waals surface area (Å²) >= 11 is 0. The number of ether oxygens (including phenoxy) is 2. The van der Waals surface area contributed by atoms with Crippen LogP contribution in [0.4, 0.5) is 13.2 Å². The number of para-hydroxylation sites is 1. The molecular weight excluding hydrogens is 491 g/mol. The van der Waals surface area contributed by atoms with Gasteiger partial charge in [0.15, 0.2) is 0 Å². The zero-order valence-corrected chi connectivity index (χ0v) is 22.7. The maximum atomic E-state index is 15.9. The first-order chi connectivity index (χ1) is 18.3. The van der Waals surface area contributed by atoms with Crippen molar-refractivity contribution in [1.29, 1.82) is 0 Å². The van der Waals surface area contributed by atoms with E-state index in [4.69, 9.17) is 9.47 Å². The summed E-state index contributed by atoms with van der Waals surface area (Å²) in [7, 11) is 1.69. The lowest BCUT2D eigenvalue weighted by Crippen LogP contribution is -2.53. The molecule has 5 nitrogen and oxygen atoms in total. The van der Waals surface area contributed by atoms with E-state index in [9.17, 15) is 4.39 Å². The molecule has 0 radical (unpaired) electrons. The van der Waals surface area contributed by atoms with Gasteiger partial charge in [-0.25, -0.2) is 8.78 Å². The SMILES string of the molecule is CCC(C)(CN1[C@H](c2c(F)cc(OC3CN(CCCF)C3)cc2F)c2[nH]c3ccccc3c2C[C@H]1C)OC. The van der Waals surface area contributed by atoms with Crippen molar-refractivity contribution < 1.29 is 22.6 Å². The summed E-state index contributed by atoms with van der Waals surface area (Å²) in [5.41, 5.74) is 2.44. The number of rotatable bonds is 10. The number of hydrogen-bond donors (Lipinski definition) is 1. The quantitative estimate of drug-likeness (QED) is 0.349. The van der Waals surface area contributed by atoms with Crippen LogP contribution in [0.2, 0.25) is 0 Å². The monoisotopic (exact) mass is 529 g/mol. The topological polar surface area (TPSA) is 40.7 Å². The van der Waals surface area contributed by atoms with Crippen LogP contribution in [0.3, 0.4) is 0 Å². The largest absolute Gasteiger partial charge is 0.488 e. The number of methoxy groups -OCH3 is 1. The van der Waals surface area contributed by atoms with Crippen LogP contribution in [0, 0.1) is 11.6 Å². The average molecular weight is 530 g/mol. The number of likely N-dealkylation sites (tertiary alicyclic amines) is 1. The smallest absolute Gasteiger partial charge is 0.135 e. The summed E-state index contributed by atoms with van der Waals surface area (Å²) in [6, 6.07) is 10.0. The van der Waals surface area contributed by atoms with Gasteiger partial charge >= 0.3 is 0 Å². The fraction of sp³-hybridized carbons (Fsp3) is 0.533. The molecule has 3 atom stereocenters. The van der Waals surface area contributed by atoms with E-state index in [1.807, 2.05) is 25.1 Å². The molecule has 0 aliphatic carbocycles. The number of alkyl halides is 1. The average Bonchev–Trinajstić information content (AvgIpc) is 3.24. The number of fused-ring (bicyclic) bond motifs is 3. The van der Waals surface area contributed by atoms with Gasteiger partial charge in [0.1, 0.15) is 23.5 Å². The van der Waals surface area contributed by atoms with Crippen LogP contribution in [0.25, 0.3) is 10.9 Å². The molecule has 0 spiro atoms. The maximum absolute atomic E-state index is 15.9. The molecule has 3 heterocycles. The van der Waals surface area contributed by atoms with E-state index in [-0.39, 0.29) is 30.1 Å². The highest BCUT2D eigenvalue weighted by Gasteiger charge is 2.41. The Morgan fingerprint density at radius 3 is 2.50 bits per heavy atom. The molecule has 0 amide bonds. The highest BCUT2D eigenvalue weighted by Crippen LogP contribution is 2.44. The molecule has 1 N–H and O–H groups in total. The lowest BCUT2D eigenvalue weighted by molar-refractivity contribution is -0.0436. The number of hydrogen-bond acceptors (Lipinski definition) is 4. The third-order valence-corrected chi connectivity index (χ3v) is 8.44. The molecular formula is C30H38F3N3O2. The standard InChI is InChI=1S/C30H38F3N3O2/c1-5-30(3,37-4)18-36-19(2)13-23-22-9-6-7-10-26(22)34-28(23)29(36)27-24(32)14-20(15-25(27)33)38-21-16-35(17-21)12-8-11-31/h6-7,9-10,14-15,19,21,29,34H,5,8,11-13,16-18H2,1-4H3/t19-,29-,30?/m1/s1. The number of benzene rings is 2. The molecule has 3 aromatic rings. The number of H-pyrrole nitrogens is 1. The van der Waals surface area contributed by atoms with Gasteiger partial charge in [0.25, 0.3) is 0 Å². The summed E-state index contributed by atoms with van der Waals surface area (Å²) in [5, 5.41) is 1.09. The fourth-order valence-corrected chi connectivity index (χ4v) is 5.92. The van der Waals surface area contributed by atoms with Gasteiger partial charge < -0.3 is 14.5 Å². The molecule has 8 heteroatoms. The Bertz CT molecular complexity index is 1250. The number of nitrogens with zero attached hydrogens (tertiary/aromatic N) is 2. The molecule has 0 bridgehead atoms. The Morgan fingerprint density at radius 1 is 1.13 bits per heavy atom. The molecule has 2 aromatic carbocycles. The number of aromatic amines is 1. The molecule has 2 aliphatic heterocycles.